The number of likely N-dealkylation sites (N-methyl/N-ethyl adjacent to an activating group) is 1. The van der Waals surface area contributed by atoms with Crippen LogP contribution >= 0.6 is 0 Å². The Morgan fingerprint density at radius 3 is 2.19 bits per heavy atom. The van der Waals surface area contributed by atoms with Gasteiger partial charge in [-0.3, -0.25) is 4.90 Å². The molecule has 0 aliphatic heterocycles. The molecule has 0 bridgehead atoms. The first-order valence-electron chi connectivity index (χ1n) is 7.73. The Balaban J connectivity index is 3.07. The smallest absolute Gasteiger partial charge is 0.118 e. The Kier molecular flexibility index (Phi) is 7.72. The molecular formula is C17H30N2O2. The molecule has 4 heteroatoms. The minimum atomic E-state index is 0.0950. The number of ether oxygens (including phenoxy) is 2. The van der Waals surface area contributed by atoms with Gasteiger partial charge in [-0.15, -0.1) is 0 Å². The molecule has 2 N–H and O–H groups in total. The number of hydrogen-bond donors (Lipinski definition) is 1. The van der Waals surface area contributed by atoms with Crippen LogP contribution < -0.4 is 10.5 Å². The van der Waals surface area contributed by atoms with Gasteiger partial charge in [-0.05, 0) is 37.6 Å². The van der Waals surface area contributed by atoms with Gasteiger partial charge in [0.15, 0.2) is 0 Å². The monoisotopic (exact) mass is 294 g/mol. The van der Waals surface area contributed by atoms with Gasteiger partial charge in [-0.1, -0.05) is 26.0 Å². The standard InChI is InChI=1S/C17H30N2O2/c1-6-16(18)17(19(7-2)13(3)12-20-4)14-8-10-15(21-5)11-9-14/h8-11,13,16-17H,6-7,12,18H2,1-5H3. The average molecular weight is 294 g/mol. The first-order valence-corrected chi connectivity index (χ1v) is 7.73. The van der Waals surface area contributed by atoms with Gasteiger partial charge in [-0.25, -0.2) is 0 Å². The topological polar surface area (TPSA) is 47.7 Å². The summed E-state index contributed by atoms with van der Waals surface area (Å²) in [5.74, 6) is 0.871. The average Bonchev–Trinajstić information content (AvgIpc) is 2.52. The van der Waals surface area contributed by atoms with Gasteiger partial charge in [0.05, 0.1) is 19.8 Å². The highest BCUT2D eigenvalue weighted by Crippen LogP contribution is 2.28. The van der Waals surface area contributed by atoms with Crippen LogP contribution in [0.25, 0.3) is 0 Å². The zero-order valence-electron chi connectivity index (χ0n) is 14.0. The molecule has 0 saturated heterocycles. The van der Waals surface area contributed by atoms with E-state index in [1.807, 2.05) is 12.1 Å². The van der Waals surface area contributed by atoms with Crippen LogP contribution in [0.3, 0.4) is 0 Å². The first-order chi connectivity index (χ1) is 10.1. The lowest BCUT2D eigenvalue weighted by atomic mass is 9.95. The van der Waals surface area contributed by atoms with E-state index < -0.39 is 0 Å². The predicted octanol–water partition coefficient (Wildman–Crippen LogP) is 2.83. The van der Waals surface area contributed by atoms with Crippen molar-refractivity contribution < 1.29 is 9.47 Å². The van der Waals surface area contributed by atoms with Crippen LogP contribution in [-0.2, 0) is 4.74 Å². The van der Waals surface area contributed by atoms with Gasteiger partial charge in [0.2, 0.25) is 0 Å². The third-order valence-corrected chi connectivity index (χ3v) is 4.03. The highest BCUT2D eigenvalue weighted by molar-refractivity contribution is 5.30. The van der Waals surface area contributed by atoms with E-state index in [4.69, 9.17) is 15.2 Å². The molecule has 1 rings (SSSR count). The molecule has 3 unspecified atom stereocenters. The molecular weight excluding hydrogens is 264 g/mol. The lowest BCUT2D eigenvalue weighted by molar-refractivity contribution is 0.0628. The van der Waals surface area contributed by atoms with Crippen LogP contribution in [0.2, 0.25) is 0 Å². The fourth-order valence-electron chi connectivity index (χ4n) is 2.83. The molecule has 120 valence electrons. The van der Waals surface area contributed by atoms with Gasteiger partial charge in [0.1, 0.15) is 5.75 Å². The minimum absolute atomic E-state index is 0.0950. The summed E-state index contributed by atoms with van der Waals surface area (Å²) < 4.78 is 10.6. The molecule has 0 fully saturated rings. The molecule has 0 amide bonds. The summed E-state index contributed by atoms with van der Waals surface area (Å²) in [5, 5.41) is 0. The van der Waals surface area contributed by atoms with Crippen LogP contribution in [0.4, 0.5) is 0 Å². The van der Waals surface area contributed by atoms with Gasteiger partial charge < -0.3 is 15.2 Å². The molecule has 1 aromatic carbocycles. The second-order valence-corrected chi connectivity index (χ2v) is 5.42. The van der Waals surface area contributed by atoms with Crippen LogP contribution in [-0.4, -0.2) is 44.4 Å². The maximum atomic E-state index is 6.42. The van der Waals surface area contributed by atoms with Gasteiger partial charge >= 0.3 is 0 Å². The number of benzene rings is 1. The summed E-state index contributed by atoms with van der Waals surface area (Å²) >= 11 is 0. The van der Waals surface area contributed by atoms with Crippen LogP contribution in [0, 0.1) is 0 Å². The van der Waals surface area contributed by atoms with E-state index in [2.05, 4.69) is 37.8 Å². The number of hydrogen-bond acceptors (Lipinski definition) is 4. The van der Waals surface area contributed by atoms with E-state index in [1.54, 1.807) is 14.2 Å². The van der Waals surface area contributed by atoms with E-state index in [9.17, 15) is 0 Å². The zero-order valence-corrected chi connectivity index (χ0v) is 14.0. The SMILES string of the molecule is CCC(N)C(c1ccc(OC)cc1)N(CC)C(C)COC. The second kappa shape index (κ2) is 9.03. The van der Waals surface area contributed by atoms with E-state index in [0.717, 1.165) is 18.7 Å². The summed E-state index contributed by atoms with van der Waals surface area (Å²) in [6, 6.07) is 8.83. The molecule has 0 saturated carbocycles. The van der Waals surface area contributed by atoms with Crippen molar-refractivity contribution in [1.29, 1.82) is 0 Å². The maximum Gasteiger partial charge on any atom is 0.118 e. The Labute approximate surface area is 129 Å². The zero-order chi connectivity index (χ0) is 15.8. The van der Waals surface area contributed by atoms with Gasteiger partial charge in [0.25, 0.3) is 0 Å². The third-order valence-electron chi connectivity index (χ3n) is 4.03. The molecule has 0 aliphatic carbocycles. The molecule has 4 nitrogen and oxygen atoms in total. The largest absolute Gasteiger partial charge is 0.497 e. The van der Waals surface area contributed by atoms with Crippen molar-refractivity contribution in [3.63, 3.8) is 0 Å². The Hall–Kier alpha value is -1.10. The Morgan fingerprint density at radius 1 is 1.14 bits per heavy atom. The van der Waals surface area contributed by atoms with Crippen molar-refractivity contribution >= 4 is 0 Å². The summed E-state index contributed by atoms with van der Waals surface area (Å²) in [7, 11) is 3.43. The number of nitrogens with zero attached hydrogens (tertiary/aromatic N) is 1. The fraction of sp³-hybridized carbons (Fsp3) is 0.647. The molecule has 1 aromatic rings. The molecule has 0 spiro atoms. The van der Waals surface area contributed by atoms with Gasteiger partial charge in [-0.2, -0.15) is 0 Å². The summed E-state index contributed by atoms with van der Waals surface area (Å²) in [5.41, 5.74) is 7.65. The highest BCUT2D eigenvalue weighted by Gasteiger charge is 2.28. The van der Waals surface area contributed by atoms with E-state index >= 15 is 0 Å². The van der Waals surface area contributed by atoms with E-state index in [-0.39, 0.29) is 12.1 Å². The van der Waals surface area contributed by atoms with Crippen molar-refractivity contribution in [3.8, 4) is 5.75 Å². The van der Waals surface area contributed by atoms with E-state index in [0.29, 0.717) is 12.6 Å². The number of nitrogens with two attached hydrogens (primary N) is 1. The van der Waals surface area contributed by atoms with Crippen LogP contribution in [0.15, 0.2) is 24.3 Å². The van der Waals surface area contributed by atoms with E-state index in [1.165, 1.54) is 5.56 Å². The number of rotatable bonds is 9. The summed E-state index contributed by atoms with van der Waals surface area (Å²) in [4.78, 5) is 2.42. The number of methoxy groups -OCH3 is 2. The molecule has 3 atom stereocenters. The molecule has 0 heterocycles. The van der Waals surface area contributed by atoms with Crippen molar-refractivity contribution in [1.82, 2.24) is 4.90 Å². The quantitative estimate of drug-likeness (QED) is 0.761. The van der Waals surface area contributed by atoms with Crippen molar-refractivity contribution in [2.45, 2.75) is 45.3 Å². The molecule has 0 aromatic heterocycles. The van der Waals surface area contributed by atoms with Crippen LogP contribution in [0.5, 0.6) is 5.75 Å². The summed E-state index contributed by atoms with van der Waals surface area (Å²) in [6.07, 6.45) is 0.937. The molecule has 0 aliphatic rings. The molecule has 21 heavy (non-hydrogen) atoms. The lowest BCUT2D eigenvalue weighted by Crippen LogP contribution is -2.46. The van der Waals surface area contributed by atoms with Gasteiger partial charge in [0, 0.05) is 19.2 Å². The summed E-state index contributed by atoms with van der Waals surface area (Å²) in [6.45, 7) is 8.14. The van der Waals surface area contributed by atoms with Crippen molar-refractivity contribution in [2.75, 3.05) is 27.4 Å². The molecule has 0 radical (unpaired) electrons. The normalized spacial score (nSPS) is 15.8. The second-order valence-electron chi connectivity index (χ2n) is 5.42. The third kappa shape index (κ3) is 4.70. The van der Waals surface area contributed by atoms with Crippen molar-refractivity contribution in [2.24, 2.45) is 5.73 Å². The maximum absolute atomic E-state index is 6.42. The minimum Gasteiger partial charge on any atom is -0.497 e. The van der Waals surface area contributed by atoms with Crippen molar-refractivity contribution in [3.05, 3.63) is 29.8 Å². The Bertz CT molecular complexity index is 394. The Morgan fingerprint density at radius 2 is 1.76 bits per heavy atom. The predicted molar refractivity (Wildman–Crippen MR) is 87.7 cm³/mol. The lowest BCUT2D eigenvalue weighted by Gasteiger charge is -2.39. The first kappa shape index (κ1) is 18.0. The van der Waals surface area contributed by atoms with Crippen LogP contribution in [0.1, 0.15) is 38.8 Å². The fourth-order valence-corrected chi connectivity index (χ4v) is 2.83. The highest BCUT2D eigenvalue weighted by atomic mass is 16.5.